The van der Waals surface area contributed by atoms with Crippen molar-refractivity contribution in [3.8, 4) is 0 Å². The molecule has 0 aliphatic rings. The maximum absolute atomic E-state index is 13.6. The van der Waals surface area contributed by atoms with E-state index in [1.807, 2.05) is 19.1 Å². The van der Waals surface area contributed by atoms with Crippen LogP contribution in [0.2, 0.25) is 5.02 Å². The monoisotopic (exact) mass is 349 g/mol. The van der Waals surface area contributed by atoms with Crippen molar-refractivity contribution in [2.24, 2.45) is 4.99 Å². The molecule has 0 amide bonds. The number of hydrogen-bond donors (Lipinski definition) is 3. The van der Waals surface area contributed by atoms with E-state index in [0.29, 0.717) is 28.7 Å². The first kappa shape index (κ1) is 18.2. The number of aliphatic hydroxyl groups is 1. The van der Waals surface area contributed by atoms with E-state index in [1.165, 1.54) is 6.07 Å². The van der Waals surface area contributed by atoms with E-state index < -0.39 is 6.10 Å². The molecule has 2 rings (SSSR count). The minimum absolute atomic E-state index is 0.212. The zero-order chi connectivity index (χ0) is 17.4. The van der Waals surface area contributed by atoms with Crippen LogP contribution in [0.25, 0.3) is 0 Å². The Balaban J connectivity index is 1.99. The maximum atomic E-state index is 13.6. The molecule has 4 nitrogen and oxygen atoms in total. The van der Waals surface area contributed by atoms with E-state index >= 15 is 0 Å². The number of rotatable bonds is 6. The topological polar surface area (TPSA) is 56.7 Å². The zero-order valence-corrected chi connectivity index (χ0v) is 14.2. The molecule has 0 heterocycles. The van der Waals surface area contributed by atoms with Gasteiger partial charge in [-0.15, -0.1) is 0 Å². The number of aliphatic hydroxyl groups excluding tert-OH is 1. The van der Waals surface area contributed by atoms with E-state index in [0.717, 1.165) is 0 Å². The standard InChI is InChI=1S/C18H21ClFN3O/c1-2-21-18(22-11-13-7-3-6-10-16(13)20)23-12-17(24)14-8-4-5-9-15(14)19/h3-10,17,24H,2,11-12H2,1H3,(H2,21,22,23). The molecule has 3 N–H and O–H groups in total. The molecule has 2 aromatic carbocycles. The minimum Gasteiger partial charge on any atom is -0.387 e. The number of guanidine groups is 1. The van der Waals surface area contributed by atoms with Gasteiger partial charge in [0.15, 0.2) is 5.96 Å². The third-order valence-corrected chi connectivity index (χ3v) is 3.78. The molecular formula is C18H21ClFN3O. The molecule has 0 aromatic heterocycles. The lowest BCUT2D eigenvalue weighted by Crippen LogP contribution is -2.39. The summed E-state index contributed by atoms with van der Waals surface area (Å²) >= 11 is 6.08. The molecule has 0 bridgehead atoms. The molecule has 0 saturated heterocycles. The molecule has 0 fully saturated rings. The quantitative estimate of drug-likeness (QED) is 0.554. The lowest BCUT2D eigenvalue weighted by Gasteiger charge is -2.16. The van der Waals surface area contributed by atoms with Gasteiger partial charge in [0.25, 0.3) is 0 Å². The number of benzene rings is 2. The van der Waals surface area contributed by atoms with Crippen molar-refractivity contribution in [2.45, 2.75) is 19.6 Å². The third-order valence-electron chi connectivity index (χ3n) is 3.44. The van der Waals surface area contributed by atoms with Crippen LogP contribution < -0.4 is 10.6 Å². The van der Waals surface area contributed by atoms with Gasteiger partial charge in [-0.2, -0.15) is 0 Å². The minimum atomic E-state index is -0.768. The van der Waals surface area contributed by atoms with Crippen LogP contribution in [0.1, 0.15) is 24.2 Å². The predicted molar refractivity (Wildman–Crippen MR) is 95.6 cm³/mol. The molecule has 0 radical (unpaired) electrons. The zero-order valence-electron chi connectivity index (χ0n) is 13.5. The lowest BCUT2D eigenvalue weighted by atomic mass is 10.1. The van der Waals surface area contributed by atoms with Gasteiger partial charge in [0.05, 0.1) is 12.6 Å². The molecule has 1 unspecified atom stereocenters. The van der Waals surface area contributed by atoms with E-state index in [9.17, 15) is 9.50 Å². The van der Waals surface area contributed by atoms with E-state index in [1.54, 1.807) is 30.3 Å². The fourth-order valence-corrected chi connectivity index (χ4v) is 2.44. The summed E-state index contributed by atoms with van der Waals surface area (Å²) in [7, 11) is 0. The second-order valence-electron chi connectivity index (χ2n) is 5.20. The van der Waals surface area contributed by atoms with Crippen molar-refractivity contribution >= 4 is 17.6 Å². The van der Waals surface area contributed by atoms with Crippen molar-refractivity contribution in [2.75, 3.05) is 13.1 Å². The third kappa shape index (κ3) is 5.22. The van der Waals surface area contributed by atoms with Crippen LogP contribution in [-0.2, 0) is 6.54 Å². The summed E-state index contributed by atoms with van der Waals surface area (Å²) in [5.41, 5.74) is 1.16. The van der Waals surface area contributed by atoms with Crippen LogP contribution >= 0.6 is 11.6 Å². The van der Waals surface area contributed by atoms with Crippen LogP contribution in [0.5, 0.6) is 0 Å². The summed E-state index contributed by atoms with van der Waals surface area (Å²) in [4.78, 5) is 4.34. The fraction of sp³-hybridized carbons (Fsp3) is 0.278. The largest absolute Gasteiger partial charge is 0.387 e. The first-order chi connectivity index (χ1) is 11.6. The Bertz CT molecular complexity index is 693. The van der Waals surface area contributed by atoms with Gasteiger partial charge in [0.1, 0.15) is 5.82 Å². The molecule has 1 atom stereocenters. The summed E-state index contributed by atoms with van der Waals surface area (Å²) in [6, 6.07) is 13.7. The molecular weight excluding hydrogens is 329 g/mol. The first-order valence-electron chi connectivity index (χ1n) is 7.80. The van der Waals surface area contributed by atoms with Gasteiger partial charge in [-0.05, 0) is 19.1 Å². The Kier molecular flexibility index (Phi) is 7.03. The Hall–Kier alpha value is -2.11. The van der Waals surface area contributed by atoms with Crippen LogP contribution in [0.4, 0.5) is 4.39 Å². The number of halogens is 2. The Morgan fingerprint density at radius 3 is 2.58 bits per heavy atom. The molecule has 0 aliphatic heterocycles. The van der Waals surface area contributed by atoms with E-state index in [-0.39, 0.29) is 18.9 Å². The number of aliphatic imine (C=N–C) groups is 1. The SMILES string of the molecule is CCNC(=NCc1ccccc1F)NCC(O)c1ccccc1Cl. The fourth-order valence-electron chi connectivity index (χ4n) is 2.18. The summed E-state index contributed by atoms with van der Waals surface area (Å²) in [6.45, 7) is 3.05. The Labute approximate surface area is 146 Å². The maximum Gasteiger partial charge on any atom is 0.191 e. The molecule has 128 valence electrons. The van der Waals surface area contributed by atoms with Gasteiger partial charge in [-0.3, -0.25) is 0 Å². The number of nitrogens with zero attached hydrogens (tertiary/aromatic N) is 1. The van der Waals surface area contributed by atoms with Gasteiger partial charge in [-0.1, -0.05) is 48.0 Å². The van der Waals surface area contributed by atoms with Crippen LogP contribution in [0, 0.1) is 5.82 Å². The summed E-state index contributed by atoms with van der Waals surface area (Å²) in [5.74, 6) is 0.222. The Morgan fingerprint density at radius 2 is 1.88 bits per heavy atom. The second kappa shape index (κ2) is 9.25. The highest BCUT2D eigenvalue weighted by Gasteiger charge is 2.11. The highest BCUT2D eigenvalue weighted by atomic mass is 35.5. The number of nitrogens with one attached hydrogen (secondary N) is 2. The van der Waals surface area contributed by atoms with Crippen LogP contribution in [0.15, 0.2) is 53.5 Å². The van der Waals surface area contributed by atoms with Gasteiger partial charge in [0.2, 0.25) is 0 Å². The van der Waals surface area contributed by atoms with E-state index in [2.05, 4.69) is 15.6 Å². The normalized spacial score (nSPS) is 12.8. The molecule has 0 spiro atoms. The lowest BCUT2D eigenvalue weighted by molar-refractivity contribution is 0.181. The highest BCUT2D eigenvalue weighted by Crippen LogP contribution is 2.21. The predicted octanol–water partition coefficient (Wildman–Crippen LogP) is 3.27. The molecule has 2 aromatic rings. The van der Waals surface area contributed by atoms with Gasteiger partial charge >= 0.3 is 0 Å². The van der Waals surface area contributed by atoms with Gasteiger partial charge in [-0.25, -0.2) is 9.38 Å². The van der Waals surface area contributed by atoms with Crippen LogP contribution in [0.3, 0.4) is 0 Å². The molecule has 6 heteroatoms. The smallest absolute Gasteiger partial charge is 0.191 e. The second-order valence-corrected chi connectivity index (χ2v) is 5.61. The molecule has 24 heavy (non-hydrogen) atoms. The first-order valence-corrected chi connectivity index (χ1v) is 8.17. The Morgan fingerprint density at radius 1 is 1.17 bits per heavy atom. The summed E-state index contributed by atoms with van der Waals surface area (Å²) in [6.07, 6.45) is -0.768. The van der Waals surface area contributed by atoms with Crippen molar-refractivity contribution in [1.29, 1.82) is 0 Å². The number of hydrogen-bond acceptors (Lipinski definition) is 2. The van der Waals surface area contributed by atoms with Crippen molar-refractivity contribution in [1.82, 2.24) is 10.6 Å². The van der Waals surface area contributed by atoms with Crippen LogP contribution in [-0.4, -0.2) is 24.2 Å². The summed E-state index contributed by atoms with van der Waals surface area (Å²) in [5, 5.41) is 16.9. The van der Waals surface area contributed by atoms with Crippen molar-refractivity contribution < 1.29 is 9.50 Å². The van der Waals surface area contributed by atoms with Crippen molar-refractivity contribution in [3.05, 3.63) is 70.5 Å². The van der Waals surface area contributed by atoms with Gasteiger partial charge in [0, 0.05) is 29.2 Å². The van der Waals surface area contributed by atoms with E-state index in [4.69, 9.17) is 11.6 Å². The van der Waals surface area contributed by atoms with Crippen molar-refractivity contribution in [3.63, 3.8) is 0 Å². The summed E-state index contributed by atoms with van der Waals surface area (Å²) < 4.78 is 13.6. The molecule has 0 aliphatic carbocycles. The van der Waals surface area contributed by atoms with Gasteiger partial charge < -0.3 is 15.7 Å². The highest BCUT2D eigenvalue weighted by molar-refractivity contribution is 6.31. The average molecular weight is 350 g/mol. The molecule has 0 saturated carbocycles. The average Bonchev–Trinajstić information content (AvgIpc) is 2.58.